The van der Waals surface area contributed by atoms with Crippen molar-refractivity contribution >= 4 is 29.0 Å². The van der Waals surface area contributed by atoms with Gasteiger partial charge in [0.25, 0.3) is 0 Å². The number of amides is 2. The molecule has 1 saturated carbocycles. The van der Waals surface area contributed by atoms with Gasteiger partial charge in [0.15, 0.2) is 11.6 Å². The maximum Gasteiger partial charge on any atom is 0.234 e. The van der Waals surface area contributed by atoms with Gasteiger partial charge < -0.3 is 5.11 Å². The van der Waals surface area contributed by atoms with E-state index in [0.717, 1.165) is 22.3 Å². The number of likely N-dealkylation sites (tertiary alicyclic amines) is 1. The van der Waals surface area contributed by atoms with E-state index >= 15 is 0 Å². The molecule has 47 heavy (non-hydrogen) atoms. The van der Waals surface area contributed by atoms with Crippen LogP contribution in [0.4, 0.5) is 0 Å². The lowest BCUT2D eigenvalue weighted by Crippen LogP contribution is -2.58. The molecule has 6 unspecified atom stereocenters. The first kappa shape index (κ1) is 29.1. The van der Waals surface area contributed by atoms with Gasteiger partial charge in [-0.15, -0.1) is 0 Å². The van der Waals surface area contributed by atoms with Gasteiger partial charge in [-0.25, -0.2) is 0 Å². The first-order chi connectivity index (χ1) is 22.9. The van der Waals surface area contributed by atoms with Gasteiger partial charge in [0, 0.05) is 17.4 Å². The maximum atomic E-state index is 15.0. The average molecular weight is 620 g/mol. The van der Waals surface area contributed by atoms with Gasteiger partial charge in [-0.1, -0.05) is 115 Å². The summed E-state index contributed by atoms with van der Waals surface area (Å²) in [6, 6.07) is 35.1. The van der Waals surface area contributed by atoms with E-state index in [4.69, 9.17) is 0 Å². The monoisotopic (exact) mass is 619 g/mol. The van der Waals surface area contributed by atoms with Crippen molar-refractivity contribution in [3.05, 3.63) is 155 Å². The van der Waals surface area contributed by atoms with Gasteiger partial charge in [-0.3, -0.25) is 24.1 Å². The summed E-state index contributed by atoms with van der Waals surface area (Å²) < 4.78 is 0. The summed E-state index contributed by atoms with van der Waals surface area (Å²) in [6.07, 6.45) is 4.23. The number of Topliss-reactive ketones (excluding diaryl/α,β-unsaturated/α-hetero) is 1. The molecule has 6 heteroatoms. The highest BCUT2D eigenvalue weighted by atomic mass is 16.3. The molecule has 2 amide bonds. The van der Waals surface area contributed by atoms with E-state index in [0.29, 0.717) is 17.6 Å². The first-order valence-corrected chi connectivity index (χ1v) is 16.2. The second-order valence-corrected chi connectivity index (χ2v) is 13.1. The van der Waals surface area contributed by atoms with Gasteiger partial charge in [0.2, 0.25) is 11.8 Å². The van der Waals surface area contributed by atoms with Crippen molar-refractivity contribution in [2.75, 3.05) is 0 Å². The Bertz CT molecular complexity index is 1960. The van der Waals surface area contributed by atoms with E-state index in [1.165, 1.54) is 11.0 Å². The predicted octanol–water partition coefficient (Wildman–Crippen LogP) is 6.42. The molecule has 3 aliphatic carbocycles. The molecule has 1 heterocycles. The molecule has 6 atom stereocenters. The van der Waals surface area contributed by atoms with E-state index in [2.05, 4.69) is 6.08 Å². The quantitative estimate of drug-likeness (QED) is 0.206. The molecule has 2 fully saturated rings. The zero-order valence-electron chi connectivity index (χ0n) is 25.7. The van der Waals surface area contributed by atoms with E-state index < -0.39 is 35.0 Å². The molecule has 4 aliphatic rings. The van der Waals surface area contributed by atoms with Gasteiger partial charge in [0.1, 0.15) is 5.75 Å². The lowest BCUT2D eigenvalue weighted by Gasteiger charge is -2.55. The maximum absolute atomic E-state index is 15.0. The zero-order valence-corrected chi connectivity index (χ0v) is 25.7. The standard InChI is InChI=1S/C41H33NO5/c43-29-18-16-27(17-19-29)37-30-20-21-31-36(40(47)42(39(31)46)24-25-10-4-1-5-11-25)33(30)22-34-38(45)32(26-12-6-2-7-13-26)23-35(44)41(34,37)28-14-8-3-9-15-28/h1-20,23,31,33-34,36-37,43H,21-22,24H2. The summed E-state index contributed by atoms with van der Waals surface area (Å²) in [5.74, 6) is -3.56. The van der Waals surface area contributed by atoms with Gasteiger partial charge in [0.05, 0.1) is 23.8 Å². The van der Waals surface area contributed by atoms with Gasteiger partial charge in [-0.2, -0.15) is 0 Å². The fourth-order valence-electron chi connectivity index (χ4n) is 8.90. The fourth-order valence-corrected chi connectivity index (χ4v) is 8.90. The normalized spacial score (nSPS) is 28.3. The van der Waals surface area contributed by atoms with Crippen LogP contribution in [0.25, 0.3) is 5.57 Å². The molecule has 6 nitrogen and oxygen atoms in total. The summed E-state index contributed by atoms with van der Waals surface area (Å²) in [7, 11) is 0. The molecule has 1 saturated heterocycles. The number of aromatic hydroxyl groups is 1. The summed E-state index contributed by atoms with van der Waals surface area (Å²) in [6.45, 7) is 0.199. The smallest absolute Gasteiger partial charge is 0.234 e. The molecular weight excluding hydrogens is 586 g/mol. The van der Waals surface area contributed by atoms with Crippen LogP contribution in [-0.2, 0) is 31.1 Å². The van der Waals surface area contributed by atoms with Crippen LogP contribution in [0, 0.1) is 23.7 Å². The SMILES string of the molecule is O=C1C(c2ccccc2)=CC(=O)C2(c3ccccc3)C1CC1C(=CCC3C(=O)N(Cc4ccccc4)C(=O)C31)C2c1ccc(O)cc1. The summed E-state index contributed by atoms with van der Waals surface area (Å²) >= 11 is 0. The number of ketones is 2. The van der Waals surface area contributed by atoms with Crippen molar-refractivity contribution < 1.29 is 24.3 Å². The highest BCUT2D eigenvalue weighted by molar-refractivity contribution is 6.31. The summed E-state index contributed by atoms with van der Waals surface area (Å²) in [4.78, 5) is 59.4. The molecule has 0 aromatic heterocycles. The van der Waals surface area contributed by atoms with Gasteiger partial charge in [-0.05, 0) is 59.2 Å². The topological polar surface area (TPSA) is 91.8 Å². The van der Waals surface area contributed by atoms with Crippen molar-refractivity contribution in [3.8, 4) is 5.75 Å². The van der Waals surface area contributed by atoms with Gasteiger partial charge >= 0.3 is 0 Å². The molecule has 0 bridgehead atoms. The number of hydrogen-bond acceptors (Lipinski definition) is 5. The van der Waals surface area contributed by atoms with Crippen LogP contribution >= 0.6 is 0 Å². The Balaban J connectivity index is 1.32. The van der Waals surface area contributed by atoms with Crippen LogP contribution in [0.15, 0.2) is 133 Å². The average Bonchev–Trinajstić information content (AvgIpc) is 3.35. The fraction of sp³-hybridized carbons (Fsp3) is 0.220. The lowest BCUT2D eigenvalue weighted by molar-refractivity contribution is -0.141. The number of imide groups is 1. The number of fused-ring (bicyclic) bond motifs is 4. The zero-order chi connectivity index (χ0) is 32.3. The molecule has 0 spiro atoms. The van der Waals surface area contributed by atoms with E-state index in [1.807, 2.05) is 103 Å². The van der Waals surface area contributed by atoms with Crippen LogP contribution in [0.1, 0.15) is 41.0 Å². The van der Waals surface area contributed by atoms with E-state index in [-0.39, 0.29) is 42.1 Å². The van der Waals surface area contributed by atoms with E-state index in [9.17, 15) is 24.3 Å². The number of carbonyl (C=O) groups excluding carboxylic acids is 4. The lowest BCUT2D eigenvalue weighted by atomic mass is 9.44. The van der Waals surface area contributed by atoms with Crippen molar-refractivity contribution in [2.45, 2.75) is 30.7 Å². The van der Waals surface area contributed by atoms with Crippen molar-refractivity contribution in [1.29, 1.82) is 0 Å². The Kier molecular flexibility index (Phi) is 6.90. The molecule has 4 aromatic carbocycles. The van der Waals surface area contributed by atoms with Crippen LogP contribution in [0.2, 0.25) is 0 Å². The second-order valence-electron chi connectivity index (χ2n) is 13.1. The van der Waals surface area contributed by atoms with Crippen molar-refractivity contribution in [2.24, 2.45) is 23.7 Å². The molecule has 0 radical (unpaired) electrons. The third-order valence-corrected chi connectivity index (χ3v) is 10.9. The van der Waals surface area contributed by atoms with Crippen LogP contribution < -0.4 is 0 Å². The highest BCUT2D eigenvalue weighted by Crippen LogP contribution is 2.63. The number of rotatable bonds is 5. The Labute approximate surface area is 273 Å². The van der Waals surface area contributed by atoms with E-state index in [1.54, 1.807) is 12.1 Å². The number of benzene rings is 4. The Hall–Kier alpha value is -5.36. The largest absolute Gasteiger partial charge is 0.508 e. The number of phenols is 1. The Morgan fingerprint density at radius 3 is 2.04 bits per heavy atom. The number of allylic oxidation sites excluding steroid dienone is 4. The molecule has 4 aromatic rings. The first-order valence-electron chi connectivity index (χ1n) is 16.2. The number of phenolic OH excluding ortho intramolecular Hbond substituents is 1. The summed E-state index contributed by atoms with van der Waals surface area (Å²) in [5, 5.41) is 10.3. The molecular formula is C41H33NO5. The third kappa shape index (κ3) is 4.38. The molecule has 232 valence electrons. The Morgan fingerprint density at radius 2 is 1.36 bits per heavy atom. The predicted molar refractivity (Wildman–Crippen MR) is 177 cm³/mol. The molecule has 1 N–H and O–H groups in total. The van der Waals surface area contributed by atoms with Crippen molar-refractivity contribution in [3.63, 3.8) is 0 Å². The molecule has 1 aliphatic heterocycles. The minimum atomic E-state index is -1.28. The minimum Gasteiger partial charge on any atom is -0.508 e. The van der Waals surface area contributed by atoms with Crippen LogP contribution in [0.3, 0.4) is 0 Å². The minimum absolute atomic E-state index is 0.0922. The summed E-state index contributed by atoms with van der Waals surface area (Å²) in [5.41, 5.74) is 3.08. The highest BCUT2D eigenvalue weighted by Gasteiger charge is 2.65. The third-order valence-electron chi connectivity index (χ3n) is 10.9. The number of nitrogens with zero attached hydrogens (tertiary/aromatic N) is 1. The number of carbonyl (C=O) groups is 4. The molecule has 8 rings (SSSR count). The van der Waals surface area contributed by atoms with Crippen LogP contribution in [-0.4, -0.2) is 33.4 Å². The van der Waals surface area contributed by atoms with Crippen LogP contribution in [0.5, 0.6) is 5.75 Å². The second kappa shape index (κ2) is 11.2. The Morgan fingerprint density at radius 1 is 0.723 bits per heavy atom. The number of hydrogen-bond donors (Lipinski definition) is 1. The van der Waals surface area contributed by atoms with Crippen molar-refractivity contribution in [1.82, 2.24) is 4.90 Å².